The molecule has 88 valence electrons. The summed E-state index contributed by atoms with van der Waals surface area (Å²) in [5, 5.41) is 9.12. The fourth-order valence-corrected chi connectivity index (χ4v) is 2.17. The fraction of sp³-hybridized carbons (Fsp3) is 0.667. The highest BCUT2D eigenvalue weighted by atomic mass is 16.4. The molecule has 0 aromatic heterocycles. The Bertz CT molecular complexity index is 319. The minimum absolute atomic E-state index is 0.0148. The van der Waals surface area contributed by atoms with Gasteiger partial charge in [-0.15, -0.1) is 12.3 Å². The summed E-state index contributed by atoms with van der Waals surface area (Å²) in [5.74, 6) is 1.36. The van der Waals surface area contributed by atoms with E-state index in [2.05, 4.69) is 5.92 Å². The first kappa shape index (κ1) is 12.6. The Balaban J connectivity index is 2.71. The molecule has 0 radical (unpaired) electrons. The van der Waals surface area contributed by atoms with Crippen LogP contribution in [0, 0.1) is 18.3 Å². The van der Waals surface area contributed by atoms with Crippen LogP contribution in [0.15, 0.2) is 0 Å². The number of piperidine rings is 1. The van der Waals surface area contributed by atoms with E-state index in [-0.39, 0.29) is 18.2 Å². The monoisotopic (exact) mass is 223 g/mol. The minimum atomic E-state index is -0.916. The van der Waals surface area contributed by atoms with E-state index in [0.29, 0.717) is 13.0 Å². The number of nitrogens with zero attached hydrogens (tertiary/aromatic N) is 1. The van der Waals surface area contributed by atoms with E-state index in [1.54, 1.807) is 0 Å². The molecule has 1 heterocycles. The number of aliphatic carboxylic acids is 1. The average Bonchev–Trinajstić information content (AvgIpc) is 2.24. The van der Waals surface area contributed by atoms with Crippen molar-refractivity contribution in [3.8, 4) is 12.3 Å². The van der Waals surface area contributed by atoms with Gasteiger partial charge < -0.3 is 10.0 Å². The zero-order valence-electron chi connectivity index (χ0n) is 9.48. The molecule has 0 aromatic rings. The molecular formula is C12H17NO3. The predicted octanol–water partition coefficient (Wildman–Crippen LogP) is 1.11. The number of hydrogen-bond donors (Lipinski definition) is 1. The third-order valence-corrected chi connectivity index (χ3v) is 2.99. The Hall–Kier alpha value is -1.50. The van der Waals surface area contributed by atoms with Gasteiger partial charge >= 0.3 is 5.97 Å². The van der Waals surface area contributed by atoms with Crippen LogP contribution in [-0.2, 0) is 9.59 Å². The molecule has 0 saturated carbocycles. The average molecular weight is 223 g/mol. The maximum absolute atomic E-state index is 11.8. The first-order valence-corrected chi connectivity index (χ1v) is 5.53. The number of amides is 1. The molecule has 0 bridgehead atoms. The highest BCUT2D eigenvalue weighted by Gasteiger charge is 2.36. The highest BCUT2D eigenvalue weighted by Crippen LogP contribution is 2.24. The van der Waals surface area contributed by atoms with E-state index in [1.165, 1.54) is 4.90 Å². The number of carboxylic acid groups (broad SMARTS) is 1. The lowest BCUT2D eigenvalue weighted by Crippen LogP contribution is -2.51. The van der Waals surface area contributed by atoms with Gasteiger partial charge in [0, 0.05) is 19.4 Å². The Kier molecular flexibility index (Phi) is 4.36. The lowest BCUT2D eigenvalue weighted by atomic mass is 9.90. The summed E-state index contributed by atoms with van der Waals surface area (Å²) in [5.41, 5.74) is 0. The van der Waals surface area contributed by atoms with Crippen LogP contribution in [0.1, 0.15) is 32.6 Å². The van der Waals surface area contributed by atoms with Crippen LogP contribution in [0.2, 0.25) is 0 Å². The van der Waals surface area contributed by atoms with Crippen LogP contribution in [-0.4, -0.2) is 34.5 Å². The van der Waals surface area contributed by atoms with Crippen LogP contribution in [0.3, 0.4) is 0 Å². The Morgan fingerprint density at radius 2 is 2.25 bits per heavy atom. The summed E-state index contributed by atoms with van der Waals surface area (Å²) < 4.78 is 0. The maximum Gasteiger partial charge on any atom is 0.326 e. The molecule has 16 heavy (non-hydrogen) atoms. The summed E-state index contributed by atoms with van der Waals surface area (Å²) in [6.07, 6.45) is 7.43. The van der Waals surface area contributed by atoms with Crippen molar-refractivity contribution in [3.63, 3.8) is 0 Å². The maximum atomic E-state index is 11.8. The van der Waals surface area contributed by atoms with Crippen molar-refractivity contribution in [1.29, 1.82) is 0 Å². The predicted molar refractivity (Wildman–Crippen MR) is 59.6 cm³/mol. The number of carbonyl (C=O) groups excluding carboxylic acids is 1. The quantitative estimate of drug-likeness (QED) is 0.729. The lowest BCUT2D eigenvalue weighted by Gasteiger charge is -2.37. The molecular weight excluding hydrogens is 206 g/mol. The van der Waals surface area contributed by atoms with Crippen LogP contribution < -0.4 is 0 Å². The second-order valence-corrected chi connectivity index (χ2v) is 4.19. The lowest BCUT2D eigenvalue weighted by molar-refractivity contribution is -0.154. The first-order chi connectivity index (χ1) is 7.57. The van der Waals surface area contributed by atoms with Gasteiger partial charge in [-0.1, -0.05) is 6.92 Å². The Morgan fingerprint density at radius 3 is 2.81 bits per heavy atom. The second-order valence-electron chi connectivity index (χ2n) is 4.19. The topological polar surface area (TPSA) is 57.6 Å². The molecule has 0 aliphatic carbocycles. The number of rotatable bonds is 3. The number of terminal acetylenes is 1. The smallest absolute Gasteiger partial charge is 0.326 e. The van der Waals surface area contributed by atoms with Crippen molar-refractivity contribution < 1.29 is 14.7 Å². The number of carbonyl (C=O) groups is 2. The summed E-state index contributed by atoms with van der Waals surface area (Å²) >= 11 is 0. The minimum Gasteiger partial charge on any atom is -0.480 e. The third kappa shape index (κ3) is 2.75. The van der Waals surface area contributed by atoms with Gasteiger partial charge in [-0.3, -0.25) is 4.79 Å². The van der Waals surface area contributed by atoms with Gasteiger partial charge in [-0.05, 0) is 18.8 Å². The highest BCUT2D eigenvalue weighted by molar-refractivity contribution is 5.84. The summed E-state index contributed by atoms with van der Waals surface area (Å²) in [7, 11) is 0. The zero-order chi connectivity index (χ0) is 12.1. The second kappa shape index (κ2) is 5.55. The van der Waals surface area contributed by atoms with Crippen molar-refractivity contribution in [2.24, 2.45) is 5.92 Å². The molecule has 2 unspecified atom stereocenters. The first-order valence-electron chi connectivity index (χ1n) is 5.53. The summed E-state index contributed by atoms with van der Waals surface area (Å²) in [6, 6.07) is -0.681. The molecule has 1 amide bonds. The van der Waals surface area contributed by atoms with Gasteiger partial charge in [0.05, 0.1) is 0 Å². The third-order valence-electron chi connectivity index (χ3n) is 2.99. The molecule has 4 heteroatoms. The number of likely N-dealkylation sites (tertiary alicyclic amines) is 1. The van der Waals surface area contributed by atoms with Gasteiger partial charge in [0.25, 0.3) is 0 Å². The zero-order valence-corrected chi connectivity index (χ0v) is 9.48. The van der Waals surface area contributed by atoms with Gasteiger partial charge in [0.1, 0.15) is 6.04 Å². The molecule has 0 aromatic carbocycles. The molecule has 1 aliphatic heterocycles. The molecule has 1 N–H and O–H groups in total. The molecule has 4 nitrogen and oxygen atoms in total. The molecule has 1 rings (SSSR count). The molecule has 2 atom stereocenters. The van der Waals surface area contributed by atoms with Crippen molar-refractivity contribution in [2.45, 2.75) is 38.6 Å². The van der Waals surface area contributed by atoms with E-state index < -0.39 is 12.0 Å². The molecule has 1 aliphatic rings. The van der Waals surface area contributed by atoms with Crippen LogP contribution in [0.25, 0.3) is 0 Å². The fourth-order valence-electron chi connectivity index (χ4n) is 2.17. The summed E-state index contributed by atoms with van der Waals surface area (Å²) in [6.45, 7) is 2.41. The van der Waals surface area contributed by atoms with Crippen molar-refractivity contribution in [3.05, 3.63) is 0 Å². The Labute approximate surface area is 95.6 Å². The molecule has 0 spiro atoms. The SMILES string of the molecule is C#CCCC(=O)N1CCCC(C)C1C(=O)O. The number of hydrogen-bond acceptors (Lipinski definition) is 2. The molecule has 1 fully saturated rings. The standard InChI is InChI=1S/C12H17NO3/c1-3-4-7-10(14)13-8-5-6-9(2)11(13)12(15)16/h1,9,11H,4-8H2,2H3,(H,15,16). The van der Waals surface area contributed by atoms with E-state index in [1.807, 2.05) is 6.92 Å². The Morgan fingerprint density at radius 1 is 1.56 bits per heavy atom. The van der Waals surface area contributed by atoms with Gasteiger partial charge in [-0.25, -0.2) is 4.79 Å². The van der Waals surface area contributed by atoms with Crippen LogP contribution in [0.5, 0.6) is 0 Å². The van der Waals surface area contributed by atoms with Crippen molar-refractivity contribution >= 4 is 11.9 Å². The van der Waals surface area contributed by atoms with Crippen LogP contribution in [0.4, 0.5) is 0 Å². The largest absolute Gasteiger partial charge is 0.480 e. The number of carboxylic acids is 1. The van der Waals surface area contributed by atoms with Gasteiger partial charge in [0.2, 0.25) is 5.91 Å². The van der Waals surface area contributed by atoms with E-state index in [4.69, 9.17) is 11.5 Å². The van der Waals surface area contributed by atoms with Gasteiger partial charge in [-0.2, -0.15) is 0 Å². The van der Waals surface area contributed by atoms with E-state index in [9.17, 15) is 9.59 Å². The normalized spacial score (nSPS) is 24.9. The van der Waals surface area contributed by atoms with E-state index in [0.717, 1.165) is 12.8 Å². The van der Waals surface area contributed by atoms with E-state index >= 15 is 0 Å². The van der Waals surface area contributed by atoms with Crippen molar-refractivity contribution in [2.75, 3.05) is 6.54 Å². The molecule has 1 saturated heterocycles. The summed E-state index contributed by atoms with van der Waals surface area (Å²) in [4.78, 5) is 24.4. The van der Waals surface area contributed by atoms with Gasteiger partial charge in [0.15, 0.2) is 0 Å². The van der Waals surface area contributed by atoms with Crippen LogP contribution >= 0.6 is 0 Å². The van der Waals surface area contributed by atoms with Crippen molar-refractivity contribution in [1.82, 2.24) is 4.90 Å².